The highest BCUT2D eigenvalue weighted by Gasteiger charge is 2.26. The number of nitrogens with two attached hydrogens (primary N) is 1. The maximum absolute atomic E-state index is 12.6. The van der Waals surface area contributed by atoms with Gasteiger partial charge in [-0.05, 0) is 48.4 Å². The fourth-order valence-corrected chi connectivity index (χ4v) is 7.83. The van der Waals surface area contributed by atoms with Crippen molar-refractivity contribution in [1.29, 1.82) is 5.41 Å². The van der Waals surface area contributed by atoms with Crippen LogP contribution in [0, 0.1) is 12.3 Å². The van der Waals surface area contributed by atoms with Gasteiger partial charge in [-0.25, -0.2) is 9.97 Å². The minimum Gasteiger partial charge on any atom is -0.448 e. The first-order valence-corrected chi connectivity index (χ1v) is 16.4. The largest absolute Gasteiger partial charge is 0.448 e. The van der Waals surface area contributed by atoms with E-state index in [1.165, 1.54) is 6.26 Å². The zero-order valence-electron chi connectivity index (χ0n) is 20.8. The van der Waals surface area contributed by atoms with Gasteiger partial charge in [0.2, 0.25) is 0 Å². The van der Waals surface area contributed by atoms with Gasteiger partial charge < -0.3 is 15.5 Å². The lowest BCUT2D eigenvalue weighted by atomic mass is 10.0. The van der Waals surface area contributed by atoms with Crippen LogP contribution in [0.15, 0.2) is 88.4 Å². The highest BCUT2D eigenvalue weighted by Crippen LogP contribution is 2.62. The van der Waals surface area contributed by atoms with Gasteiger partial charge in [0.25, 0.3) is 5.91 Å². The molecule has 0 spiro atoms. The quantitative estimate of drug-likeness (QED) is 0.0502. The molecule has 3 aromatic carbocycles. The Bertz CT molecular complexity index is 1630. The number of oxazole rings is 1. The molecule has 200 valence electrons. The number of aromatic nitrogens is 2. The van der Waals surface area contributed by atoms with E-state index in [4.69, 9.17) is 43.9 Å². The molecule has 0 aliphatic carbocycles. The molecule has 5 N–H and O–H groups in total. The van der Waals surface area contributed by atoms with Crippen molar-refractivity contribution in [2.45, 2.75) is 24.3 Å². The molecule has 2 heterocycles. The third kappa shape index (κ3) is 6.48. The van der Waals surface area contributed by atoms with E-state index in [1.807, 2.05) is 66.7 Å². The molecule has 8 nitrogen and oxygen atoms in total. The van der Waals surface area contributed by atoms with Gasteiger partial charge in [0.1, 0.15) is 17.1 Å². The summed E-state index contributed by atoms with van der Waals surface area (Å²) in [5, 5.41) is 11.6. The number of para-hydroxylation sites is 1. The van der Waals surface area contributed by atoms with Crippen molar-refractivity contribution >= 4 is 70.6 Å². The summed E-state index contributed by atoms with van der Waals surface area (Å²) in [4.78, 5) is 22.4. The maximum Gasteiger partial charge on any atom is 0.277 e. The molecule has 0 saturated carbocycles. The van der Waals surface area contributed by atoms with Gasteiger partial charge >= 0.3 is 0 Å². The fraction of sp³-hybridized carbons (Fsp3) is 0.111. The van der Waals surface area contributed by atoms with Gasteiger partial charge in [-0.15, -0.1) is 34.7 Å². The zero-order valence-corrected chi connectivity index (χ0v) is 24.2. The van der Waals surface area contributed by atoms with Crippen LogP contribution in [0.5, 0.6) is 0 Å². The second-order valence-corrected chi connectivity index (χ2v) is 15.8. The van der Waals surface area contributed by atoms with Crippen molar-refractivity contribution < 1.29 is 9.21 Å². The molecule has 5 aromatic rings. The Morgan fingerprint density at radius 3 is 2.64 bits per heavy atom. The Balaban J connectivity index is 1.44. The number of fused-ring (bicyclic) bond motifs is 1. The smallest absolute Gasteiger partial charge is 0.277 e. The number of hydrogen-bond acceptors (Lipinski definition) is 9. The highest BCUT2D eigenvalue weighted by atomic mass is 33.5. The standard InChI is InChI=1S/C27H26N6O2S4/c1-16-30-23(15-35-16)26(34)31-19-8-5-9-20(14-19)39(36,37)33-22(13-17-6-4-7-18(12-17)25(28)29)27-32-21-10-2-3-11-24(21)38-27/h2-12,14-15,22,33,36-37H,13H2,1H3,(H3,28,29)(H,31,34). The molecule has 39 heavy (non-hydrogen) atoms. The Labute approximate surface area is 241 Å². The monoisotopic (exact) mass is 594 g/mol. The molecule has 1 amide bonds. The van der Waals surface area contributed by atoms with Crippen LogP contribution in [0.4, 0.5) is 5.69 Å². The van der Waals surface area contributed by atoms with Crippen molar-refractivity contribution in [2.24, 2.45) is 5.73 Å². The molecule has 1 atom stereocenters. The summed E-state index contributed by atoms with van der Waals surface area (Å²) >= 11 is 11.6. The lowest BCUT2D eigenvalue weighted by Gasteiger charge is -2.34. The van der Waals surface area contributed by atoms with E-state index in [-0.39, 0.29) is 23.5 Å². The topological polar surface area (TPSA) is 130 Å². The van der Waals surface area contributed by atoms with E-state index in [1.54, 1.807) is 24.3 Å². The average molecular weight is 595 g/mol. The fourth-order valence-electron chi connectivity index (χ4n) is 4.00. The first-order chi connectivity index (χ1) is 18.7. The van der Waals surface area contributed by atoms with Crippen LogP contribution in [0.25, 0.3) is 10.2 Å². The molecule has 0 aliphatic heterocycles. The Hall–Kier alpha value is -3.29. The molecule has 0 aliphatic rings. The summed E-state index contributed by atoms with van der Waals surface area (Å²) in [6, 6.07) is 22.8. The van der Waals surface area contributed by atoms with E-state index in [9.17, 15) is 4.79 Å². The van der Waals surface area contributed by atoms with Crippen molar-refractivity contribution in [3.8, 4) is 0 Å². The minimum atomic E-state index is -2.16. The summed E-state index contributed by atoms with van der Waals surface area (Å²) in [6.07, 6.45) is 1.91. The van der Waals surface area contributed by atoms with E-state index in [2.05, 4.69) is 15.0 Å². The maximum atomic E-state index is 12.6. The zero-order chi connectivity index (χ0) is 27.6. The van der Waals surface area contributed by atoms with Crippen molar-refractivity contribution in [3.05, 3.63) is 107 Å². The van der Waals surface area contributed by atoms with E-state index in [0.717, 1.165) is 25.7 Å². The second kappa shape index (κ2) is 11.4. The van der Waals surface area contributed by atoms with Crippen LogP contribution in [0.2, 0.25) is 0 Å². The summed E-state index contributed by atoms with van der Waals surface area (Å²) in [6.45, 7) is 1.68. The number of anilines is 1. The number of aryl methyl sites for hydroxylation is 1. The van der Waals surface area contributed by atoms with E-state index < -0.39 is 8.28 Å². The van der Waals surface area contributed by atoms with Crippen molar-refractivity contribution in [3.63, 3.8) is 0 Å². The molecule has 0 fully saturated rings. The molecule has 12 heteroatoms. The lowest BCUT2D eigenvalue weighted by Crippen LogP contribution is -2.23. The molecule has 5 rings (SSSR count). The number of nitrogens with one attached hydrogen (secondary N) is 3. The third-order valence-corrected chi connectivity index (χ3v) is 10.4. The van der Waals surface area contributed by atoms with Gasteiger partial charge in [-0.3, -0.25) is 14.9 Å². The van der Waals surface area contributed by atoms with E-state index >= 15 is 0 Å². The molecular weight excluding hydrogens is 569 g/mol. The molecule has 2 aromatic heterocycles. The number of nitrogen functional groups attached to an aromatic ring is 1. The number of hydrogen-bond donors (Lipinski definition) is 6. The number of nitrogens with zero attached hydrogens (tertiary/aromatic N) is 2. The number of thiazole rings is 1. The molecule has 0 saturated heterocycles. The van der Waals surface area contributed by atoms with Crippen LogP contribution in [0.1, 0.15) is 38.6 Å². The summed E-state index contributed by atoms with van der Waals surface area (Å²) < 4.78 is 9.87. The first-order valence-electron chi connectivity index (χ1n) is 11.9. The predicted molar refractivity (Wildman–Crippen MR) is 166 cm³/mol. The molecule has 0 radical (unpaired) electrons. The second-order valence-electron chi connectivity index (χ2n) is 8.79. The third-order valence-electron chi connectivity index (χ3n) is 5.87. The Morgan fingerprint density at radius 1 is 1.10 bits per heavy atom. The van der Waals surface area contributed by atoms with Crippen molar-refractivity contribution in [2.75, 3.05) is 5.32 Å². The van der Waals surface area contributed by atoms with Crippen LogP contribution < -0.4 is 15.8 Å². The molecular formula is C27H26N6O2S4. The van der Waals surface area contributed by atoms with Gasteiger partial charge in [0.15, 0.2) is 11.6 Å². The Kier molecular flexibility index (Phi) is 8.01. The van der Waals surface area contributed by atoms with Gasteiger partial charge in [0, 0.05) is 23.1 Å². The van der Waals surface area contributed by atoms with Crippen LogP contribution in [0.3, 0.4) is 0 Å². The summed E-state index contributed by atoms with van der Waals surface area (Å²) in [5.41, 5.74) is 9.12. The molecule has 0 bridgehead atoms. The number of carbonyl (C=O) groups excluding carboxylic acids is 1. The number of thiol groups is 2. The number of amides is 1. The summed E-state index contributed by atoms with van der Waals surface area (Å²) in [5.74, 6) is 0.0694. The van der Waals surface area contributed by atoms with Gasteiger partial charge in [-0.1, -0.05) is 44.7 Å². The first kappa shape index (κ1) is 27.3. The minimum absolute atomic E-state index is 0.0179. The van der Waals surface area contributed by atoms with Crippen LogP contribution in [-0.2, 0) is 6.42 Å². The van der Waals surface area contributed by atoms with Gasteiger partial charge in [-0.2, -0.15) is 0 Å². The van der Waals surface area contributed by atoms with Crippen LogP contribution in [-0.4, -0.2) is 21.7 Å². The number of amidine groups is 1. The van der Waals surface area contributed by atoms with E-state index in [0.29, 0.717) is 23.6 Å². The lowest BCUT2D eigenvalue weighted by molar-refractivity contribution is 0.102. The molecule has 1 unspecified atom stereocenters. The normalized spacial score (nSPS) is 12.8. The number of rotatable bonds is 9. The highest BCUT2D eigenvalue weighted by molar-refractivity contribution is 9.17. The SMILES string of the molecule is Cc1nc(C(=O)Nc2cccc(S(S)(S)NC(Cc3cccc(C(=N)N)c3)c3nc4ccccc4s3)c2)co1. The van der Waals surface area contributed by atoms with Crippen LogP contribution >= 0.6 is 42.9 Å². The van der Waals surface area contributed by atoms with Crippen molar-refractivity contribution in [1.82, 2.24) is 14.7 Å². The average Bonchev–Trinajstić information content (AvgIpc) is 3.55. The van der Waals surface area contributed by atoms with Gasteiger partial charge in [0.05, 0.1) is 16.3 Å². The number of carbonyl (C=O) groups is 1. The Morgan fingerprint density at radius 2 is 1.90 bits per heavy atom. The predicted octanol–water partition coefficient (Wildman–Crippen LogP) is 6.47. The number of benzene rings is 3. The summed E-state index contributed by atoms with van der Waals surface area (Å²) in [7, 11) is -2.16.